The Morgan fingerprint density at radius 1 is 1.15 bits per heavy atom. The molecule has 1 saturated heterocycles. The monoisotopic (exact) mass is 367 g/mol. The number of amides is 1. The highest BCUT2D eigenvalue weighted by Gasteiger charge is 2.45. The largest absolute Gasteiger partial charge is 0.481 e. The maximum atomic E-state index is 12.9. The van der Waals surface area contributed by atoms with Gasteiger partial charge in [0.15, 0.2) is 0 Å². The van der Waals surface area contributed by atoms with Gasteiger partial charge in [0.1, 0.15) is 0 Å². The minimum atomic E-state index is -0.361. The number of aromatic nitrogens is 1. The van der Waals surface area contributed by atoms with Crippen molar-refractivity contribution in [3.63, 3.8) is 0 Å². The van der Waals surface area contributed by atoms with Crippen LogP contribution in [0.5, 0.6) is 11.8 Å². The predicted octanol–water partition coefficient (Wildman–Crippen LogP) is 2.16. The molecule has 2 aliphatic rings. The SMILES string of the molecule is COc1ccc(CN2CCC3(Cc4ccccc4CNC3=O)C2)c(OC)n1. The number of carbonyl (C=O) groups excluding carboxylic acids is 1. The zero-order valence-electron chi connectivity index (χ0n) is 15.8. The highest BCUT2D eigenvalue weighted by Crippen LogP contribution is 2.38. The van der Waals surface area contributed by atoms with E-state index in [-0.39, 0.29) is 11.3 Å². The number of ether oxygens (including phenoxy) is 2. The van der Waals surface area contributed by atoms with E-state index in [0.717, 1.165) is 31.5 Å². The lowest BCUT2D eigenvalue weighted by atomic mass is 9.80. The fourth-order valence-corrected chi connectivity index (χ4v) is 4.24. The van der Waals surface area contributed by atoms with Gasteiger partial charge in [-0.3, -0.25) is 9.69 Å². The number of pyridine rings is 1. The Hall–Kier alpha value is -2.60. The third-order valence-corrected chi connectivity index (χ3v) is 5.71. The molecule has 1 N–H and O–H groups in total. The molecule has 27 heavy (non-hydrogen) atoms. The zero-order valence-corrected chi connectivity index (χ0v) is 15.8. The predicted molar refractivity (Wildman–Crippen MR) is 102 cm³/mol. The van der Waals surface area contributed by atoms with Crippen LogP contribution < -0.4 is 14.8 Å². The summed E-state index contributed by atoms with van der Waals surface area (Å²) >= 11 is 0. The molecule has 1 spiro atoms. The lowest BCUT2D eigenvalue weighted by molar-refractivity contribution is -0.130. The Kier molecular flexibility index (Phi) is 4.74. The van der Waals surface area contributed by atoms with Gasteiger partial charge in [0.2, 0.25) is 17.7 Å². The van der Waals surface area contributed by atoms with Crippen LogP contribution in [-0.4, -0.2) is 43.1 Å². The highest BCUT2D eigenvalue weighted by molar-refractivity contribution is 5.84. The van der Waals surface area contributed by atoms with Crippen molar-refractivity contribution in [3.8, 4) is 11.8 Å². The molecule has 0 saturated carbocycles. The molecule has 6 nitrogen and oxygen atoms in total. The first kappa shape index (κ1) is 17.8. The van der Waals surface area contributed by atoms with Crippen molar-refractivity contribution in [2.75, 3.05) is 27.3 Å². The minimum Gasteiger partial charge on any atom is -0.481 e. The molecule has 2 aliphatic heterocycles. The fraction of sp³-hybridized carbons (Fsp3) is 0.429. The Bertz CT molecular complexity index is 854. The van der Waals surface area contributed by atoms with Gasteiger partial charge in [-0.2, -0.15) is 4.98 Å². The molecule has 1 fully saturated rings. The zero-order chi connectivity index (χ0) is 18.9. The maximum absolute atomic E-state index is 12.9. The summed E-state index contributed by atoms with van der Waals surface area (Å²) in [5.41, 5.74) is 3.15. The average molecular weight is 367 g/mol. The Morgan fingerprint density at radius 3 is 2.74 bits per heavy atom. The summed E-state index contributed by atoms with van der Waals surface area (Å²) in [6.07, 6.45) is 1.66. The van der Waals surface area contributed by atoms with E-state index in [0.29, 0.717) is 24.8 Å². The molecule has 0 radical (unpaired) electrons. The van der Waals surface area contributed by atoms with E-state index in [9.17, 15) is 4.79 Å². The maximum Gasteiger partial charge on any atom is 0.228 e. The van der Waals surface area contributed by atoms with Gasteiger partial charge in [0.25, 0.3) is 0 Å². The molecule has 1 unspecified atom stereocenters. The molecule has 6 heteroatoms. The Labute approximate surface area is 159 Å². The van der Waals surface area contributed by atoms with Crippen LogP contribution >= 0.6 is 0 Å². The smallest absolute Gasteiger partial charge is 0.228 e. The normalized spacial score (nSPS) is 22.2. The van der Waals surface area contributed by atoms with E-state index in [4.69, 9.17) is 9.47 Å². The van der Waals surface area contributed by atoms with Crippen molar-refractivity contribution in [1.82, 2.24) is 15.2 Å². The van der Waals surface area contributed by atoms with Crippen molar-refractivity contribution in [1.29, 1.82) is 0 Å². The standard InChI is InChI=1S/C21H25N3O3/c1-26-18-8-7-17(19(23-18)27-2)13-24-10-9-21(14-24)11-15-5-3-4-6-16(15)12-22-20(21)25/h3-8H,9-14H2,1-2H3,(H,22,25). The number of nitrogens with one attached hydrogen (secondary N) is 1. The minimum absolute atomic E-state index is 0.168. The van der Waals surface area contributed by atoms with Gasteiger partial charge in [-0.25, -0.2) is 0 Å². The van der Waals surface area contributed by atoms with Crippen LogP contribution in [0.2, 0.25) is 0 Å². The second kappa shape index (κ2) is 7.19. The molecule has 1 aromatic carbocycles. The summed E-state index contributed by atoms with van der Waals surface area (Å²) in [6, 6.07) is 12.2. The van der Waals surface area contributed by atoms with E-state index in [2.05, 4.69) is 33.4 Å². The molecule has 4 rings (SSSR count). The first-order valence-corrected chi connectivity index (χ1v) is 9.29. The Morgan fingerprint density at radius 2 is 1.96 bits per heavy atom. The van der Waals surface area contributed by atoms with Crippen molar-refractivity contribution in [3.05, 3.63) is 53.1 Å². The number of likely N-dealkylation sites (tertiary alicyclic amines) is 1. The summed E-state index contributed by atoms with van der Waals surface area (Å²) in [5, 5.41) is 3.14. The summed E-state index contributed by atoms with van der Waals surface area (Å²) in [4.78, 5) is 19.6. The highest BCUT2D eigenvalue weighted by atomic mass is 16.5. The number of methoxy groups -OCH3 is 2. The van der Waals surface area contributed by atoms with Crippen molar-refractivity contribution in [2.24, 2.45) is 5.41 Å². The van der Waals surface area contributed by atoms with Gasteiger partial charge < -0.3 is 14.8 Å². The summed E-state index contributed by atoms with van der Waals surface area (Å²) in [5.74, 6) is 1.28. The molecule has 1 amide bonds. The van der Waals surface area contributed by atoms with Crippen LogP contribution in [0.15, 0.2) is 36.4 Å². The van der Waals surface area contributed by atoms with Gasteiger partial charge in [-0.1, -0.05) is 24.3 Å². The second-order valence-electron chi connectivity index (χ2n) is 7.39. The van der Waals surface area contributed by atoms with E-state index in [1.54, 1.807) is 14.2 Å². The van der Waals surface area contributed by atoms with Crippen LogP contribution in [0.4, 0.5) is 0 Å². The quantitative estimate of drug-likeness (QED) is 0.897. The lowest BCUT2D eigenvalue weighted by Gasteiger charge is -2.26. The number of hydrogen-bond acceptors (Lipinski definition) is 5. The number of nitrogens with zero attached hydrogens (tertiary/aromatic N) is 2. The second-order valence-corrected chi connectivity index (χ2v) is 7.39. The molecule has 3 heterocycles. The van der Waals surface area contributed by atoms with Crippen molar-refractivity contribution in [2.45, 2.75) is 25.9 Å². The number of benzene rings is 1. The summed E-state index contributed by atoms with van der Waals surface area (Å²) in [7, 11) is 3.21. The number of fused-ring (bicyclic) bond motifs is 1. The van der Waals surface area contributed by atoms with Gasteiger partial charge >= 0.3 is 0 Å². The van der Waals surface area contributed by atoms with Gasteiger partial charge in [0, 0.05) is 31.3 Å². The molecular formula is C21H25N3O3. The van der Waals surface area contributed by atoms with Crippen LogP contribution in [0.3, 0.4) is 0 Å². The van der Waals surface area contributed by atoms with Crippen LogP contribution in [0.25, 0.3) is 0 Å². The first-order chi connectivity index (χ1) is 13.1. The van der Waals surface area contributed by atoms with Crippen molar-refractivity contribution >= 4 is 5.91 Å². The van der Waals surface area contributed by atoms with Crippen LogP contribution in [0, 0.1) is 5.41 Å². The summed E-state index contributed by atoms with van der Waals surface area (Å²) < 4.78 is 10.6. The third kappa shape index (κ3) is 3.37. The lowest BCUT2D eigenvalue weighted by Crippen LogP contribution is -2.42. The van der Waals surface area contributed by atoms with E-state index in [1.807, 2.05) is 18.2 Å². The fourth-order valence-electron chi connectivity index (χ4n) is 4.24. The number of hydrogen-bond donors (Lipinski definition) is 1. The van der Waals surface area contributed by atoms with Gasteiger partial charge in [-0.15, -0.1) is 0 Å². The summed E-state index contributed by atoms with van der Waals surface area (Å²) in [6.45, 7) is 2.94. The van der Waals surface area contributed by atoms with Crippen molar-refractivity contribution < 1.29 is 14.3 Å². The van der Waals surface area contributed by atoms with Crippen LogP contribution in [-0.2, 0) is 24.3 Å². The first-order valence-electron chi connectivity index (χ1n) is 9.29. The van der Waals surface area contributed by atoms with E-state index < -0.39 is 0 Å². The molecule has 0 bridgehead atoms. The number of carbonyl (C=O) groups is 1. The molecule has 2 aromatic rings. The molecule has 1 atom stereocenters. The topological polar surface area (TPSA) is 63.7 Å². The molecule has 1 aromatic heterocycles. The van der Waals surface area contributed by atoms with Crippen LogP contribution in [0.1, 0.15) is 23.1 Å². The van der Waals surface area contributed by atoms with Gasteiger partial charge in [0.05, 0.1) is 19.6 Å². The number of rotatable bonds is 4. The third-order valence-electron chi connectivity index (χ3n) is 5.71. The molecule has 0 aliphatic carbocycles. The Balaban J connectivity index is 1.54. The van der Waals surface area contributed by atoms with E-state index in [1.165, 1.54) is 11.1 Å². The van der Waals surface area contributed by atoms with Gasteiger partial charge in [-0.05, 0) is 36.6 Å². The molecular weight excluding hydrogens is 342 g/mol. The average Bonchev–Trinajstić information content (AvgIpc) is 3.04. The molecule has 142 valence electrons. The van der Waals surface area contributed by atoms with E-state index >= 15 is 0 Å².